The topological polar surface area (TPSA) is 59.2 Å². The van der Waals surface area contributed by atoms with Gasteiger partial charge in [-0.3, -0.25) is 4.79 Å². The Morgan fingerprint density at radius 1 is 1.30 bits per heavy atom. The maximum Gasteiger partial charge on any atom is 0.343 e. The van der Waals surface area contributed by atoms with E-state index in [2.05, 4.69) is 4.98 Å². The zero-order valence-corrected chi connectivity index (χ0v) is 12.7. The number of rotatable bonds is 2. The molecule has 0 saturated carbocycles. The molecule has 20 heavy (non-hydrogen) atoms. The molecule has 106 valence electrons. The number of carbonyl (C=O) groups is 1. The number of halogens is 2. The third-order valence-corrected chi connectivity index (χ3v) is 3.54. The highest BCUT2D eigenvalue weighted by atomic mass is 35.5. The highest BCUT2D eigenvalue weighted by Crippen LogP contribution is 2.27. The first kappa shape index (κ1) is 14.9. The van der Waals surface area contributed by atoms with E-state index in [1.807, 2.05) is 13.8 Å². The zero-order chi connectivity index (χ0) is 15.0. The number of methoxy groups -OCH3 is 1. The molecule has 0 spiro atoms. The average Bonchev–Trinajstić information content (AvgIpc) is 2.38. The summed E-state index contributed by atoms with van der Waals surface area (Å²) < 4.78 is 4.69. The quantitative estimate of drug-likeness (QED) is 0.859. The van der Waals surface area contributed by atoms with Crippen molar-refractivity contribution in [1.82, 2.24) is 4.98 Å². The zero-order valence-electron chi connectivity index (χ0n) is 11.2. The van der Waals surface area contributed by atoms with E-state index in [1.165, 1.54) is 13.2 Å². The lowest BCUT2D eigenvalue weighted by molar-refractivity contribution is 0.0597. The van der Waals surface area contributed by atoms with Gasteiger partial charge in [-0.05, 0) is 18.1 Å². The standard InChI is InChI=1S/C14H13Cl2NO3/c1-6(2)11-10(14(19)20-3)13(18)8-4-7(15)5-9(16)12(8)17-11/h4-6H,1-3H3,(H,17,18). The molecular formula is C14H13Cl2NO3. The normalized spacial score (nSPS) is 11.1. The Bertz CT molecular complexity index is 750. The molecule has 4 nitrogen and oxygen atoms in total. The molecule has 2 aromatic rings. The first-order chi connectivity index (χ1) is 9.36. The van der Waals surface area contributed by atoms with Crippen LogP contribution in [0, 0.1) is 0 Å². The number of ether oxygens (including phenoxy) is 1. The smallest absolute Gasteiger partial charge is 0.343 e. The molecule has 0 saturated heterocycles. The summed E-state index contributed by atoms with van der Waals surface area (Å²) in [6.07, 6.45) is 0. The van der Waals surface area contributed by atoms with Crippen molar-refractivity contribution in [2.75, 3.05) is 7.11 Å². The molecule has 1 aromatic heterocycles. The molecule has 6 heteroatoms. The molecule has 1 aromatic carbocycles. The van der Waals surface area contributed by atoms with Crippen LogP contribution in [-0.2, 0) is 4.74 Å². The molecule has 1 heterocycles. The number of pyridine rings is 1. The Balaban J connectivity index is 2.97. The number of carbonyl (C=O) groups excluding carboxylic acids is 1. The largest absolute Gasteiger partial charge is 0.465 e. The van der Waals surface area contributed by atoms with E-state index in [0.29, 0.717) is 21.3 Å². The van der Waals surface area contributed by atoms with Crippen LogP contribution in [0.25, 0.3) is 10.9 Å². The second-order valence-corrected chi connectivity index (χ2v) is 5.54. The van der Waals surface area contributed by atoms with E-state index >= 15 is 0 Å². The third kappa shape index (κ3) is 2.41. The van der Waals surface area contributed by atoms with Gasteiger partial charge in [0.05, 0.1) is 17.6 Å². The Kier molecular flexibility index (Phi) is 4.06. The number of nitrogens with one attached hydrogen (secondary N) is 1. The van der Waals surface area contributed by atoms with Crippen LogP contribution in [0.4, 0.5) is 0 Å². The minimum atomic E-state index is -0.673. The molecule has 0 aliphatic carbocycles. The monoisotopic (exact) mass is 313 g/mol. The van der Waals surface area contributed by atoms with Crippen molar-refractivity contribution in [3.63, 3.8) is 0 Å². The van der Waals surface area contributed by atoms with Gasteiger partial charge in [-0.15, -0.1) is 0 Å². The Morgan fingerprint density at radius 2 is 1.95 bits per heavy atom. The molecule has 1 N–H and O–H groups in total. The first-order valence-corrected chi connectivity index (χ1v) is 6.75. The van der Waals surface area contributed by atoms with Crippen molar-refractivity contribution in [2.45, 2.75) is 19.8 Å². The van der Waals surface area contributed by atoms with Crippen LogP contribution in [-0.4, -0.2) is 18.1 Å². The third-order valence-electron chi connectivity index (χ3n) is 3.02. The number of aromatic nitrogens is 1. The molecule has 2 rings (SSSR count). The fraction of sp³-hybridized carbons (Fsp3) is 0.286. The summed E-state index contributed by atoms with van der Waals surface area (Å²) in [5.74, 6) is -0.735. The Hall–Kier alpha value is -1.52. The molecule has 0 bridgehead atoms. The first-order valence-electron chi connectivity index (χ1n) is 6.00. The van der Waals surface area contributed by atoms with Gasteiger partial charge in [-0.2, -0.15) is 0 Å². The van der Waals surface area contributed by atoms with E-state index in [-0.39, 0.29) is 16.9 Å². The highest BCUT2D eigenvalue weighted by molar-refractivity contribution is 6.38. The summed E-state index contributed by atoms with van der Waals surface area (Å²) in [7, 11) is 1.24. The van der Waals surface area contributed by atoms with E-state index < -0.39 is 11.4 Å². The molecule has 0 amide bonds. The molecular weight excluding hydrogens is 301 g/mol. The van der Waals surface area contributed by atoms with Gasteiger partial charge in [-0.25, -0.2) is 4.79 Å². The lowest BCUT2D eigenvalue weighted by Crippen LogP contribution is -2.22. The average molecular weight is 314 g/mol. The van der Waals surface area contributed by atoms with Crippen molar-refractivity contribution >= 4 is 40.1 Å². The molecule has 0 atom stereocenters. The Labute approximate surface area is 125 Å². The molecule has 0 fully saturated rings. The minimum Gasteiger partial charge on any atom is -0.465 e. The number of benzene rings is 1. The second-order valence-electron chi connectivity index (χ2n) is 4.70. The summed E-state index contributed by atoms with van der Waals surface area (Å²) in [5, 5.41) is 0.941. The maximum atomic E-state index is 12.5. The molecule has 0 aliphatic rings. The van der Waals surface area contributed by atoms with E-state index in [9.17, 15) is 9.59 Å². The van der Waals surface area contributed by atoms with Gasteiger partial charge in [0, 0.05) is 16.1 Å². The van der Waals surface area contributed by atoms with E-state index in [1.54, 1.807) is 6.07 Å². The van der Waals surface area contributed by atoms with Crippen molar-refractivity contribution < 1.29 is 9.53 Å². The minimum absolute atomic E-state index is 0.00617. The lowest BCUT2D eigenvalue weighted by atomic mass is 10.0. The SMILES string of the molecule is COC(=O)c1c(C(C)C)[nH]c2c(Cl)cc(Cl)cc2c1=O. The summed E-state index contributed by atoms with van der Waals surface area (Å²) in [4.78, 5) is 27.4. The lowest BCUT2D eigenvalue weighted by Gasteiger charge is -2.13. The van der Waals surface area contributed by atoms with Crippen LogP contribution < -0.4 is 5.43 Å². The molecule has 0 unspecified atom stereocenters. The van der Waals surface area contributed by atoms with Crippen LogP contribution in [0.15, 0.2) is 16.9 Å². The fourth-order valence-electron chi connectivity index (χ4n) is 2.07. The molecule has 0 aliphatic heterocycles. The summed E-state index contributed by atoms with van der Waals surface area (Å²) >= 11 is 12.0. The number of H-pyrrole nitrogens is 1. The van der Waals surface area contributed by atoms with E-state index in [4.69, 9.17) is 27.9 Å². The van der Waals surface area contributed by atoms with Crippen molar-refractivity contribution in [3.05, 3.63) is 43.7 Å². The number of aromatic amines is 1. The van der Waals surface area contributed by atoms with Gasteiger partial charge in [0.25, 0.3) is 0 Å². The summed E-state index contributed by atoms with van der Waals surface area (Å²) in [6, 6.07) is 3.03. The van der Waals surface area contributed by atoms with Gasteiger partial charge in [0.15, 0.2) is 0 Å². The van der Waals surface area contributed by atoms with Gasteiger partial charge in [-0.1, -0.05) is 37.0 Å². The van der Waals surface area contributed by atoms with Crippen LogP contribution in [0.2, 0.25) is 10.0 Å². The fourth-order valence-corrected chi connectivity index (χ4v) is 2.61. The number of esters is 1. The summed E-state index contributed by atoms with van der Waals surface area (Å²) in [6.45, 7) is 3.74. The van der Waals surface area contributed by atoms with Gasteiger partial charge < -0.3 is 9.72 Å². The van der Waals surface area contributed by atoms with Crippen LogP contribution in [0.3, 0.4) is 0 Å². The van der Waals surface area contributed by atoms with Crippen LogP contribution in [0.1, 0.15) is 35.8 Å². The predicted molar refractivity (Wildman–Crippen MR) is 80.0 cm³/mol. The molecule has 0 radical (unpaired) electrons. The van der Waals surface area contributed by atoms with Crippen molar-refractivity contribution in [1.29, 1.82) is 0 Å². The number of hydrogen-bond acceptors (Lipinski definition) is 3. The van der Waals surface area contributed by atoms with Gasteiger partial charge in [0.2, 0.25) is 5.43 Å². The van der Waals surface area contributed by atoms with Crippen LogP contribution in [0.5, 0.6) is 0 Å². The van der Waals surface area contributed by atoms with Gasteiger partial charge in [0.1, 0.15) is 5.56 Å². The van der Waals surface area contributed by atoms with Gasteiger partial charge >= 0.3 is 5.97 Å². The van der Waals surface area contributed by atoms with Crippen molar-refractivity contribution in [3.8, 4) is 0 Å². The van der Waals surface area contributed by atoms with E-state index in [0.717, 1.165) is 0 Å². The highest BCUT2D eigenvalue weighted by Gasteiger charge is 2.22. The van der Waals surface area contributed by atoms with Crippen LogP contribution >= 0.6 is 23.2 Å². The predicted octanol–water partition coefficient (Wildman–Crippen LogP) is 3.74. The number of hydrogen-bond donors (Lipinski definition) is 1. The number of fused-ring (bicyclic) bond motifs is 1. The Morgan fingerprint density at radius 3 is 2.50 bits per heavy atom. The van der Waals surface area contributed by atoms with Crippen molar-refractivity contribution in [2.24, 2.45) is 0 Å². The summed E-state index contributed by atoms with van der Waals surface area (Å²) in [5.41, 5.74) is 0.531. The second kappa shape index (κ2) is 5.46. The maximum absolute atomic E-state index is 12.5.